The Bertz CT molecular complexity index is 702. The van der Waals surface area contributed by atoms with Gasteiger partial charge in [-0.15, -0.1) is 0 Å². The number of ether oxygens (including phenoxy) is 2. The fourth-order valence-corrected chi connectivity index (χ4v) is 1.93. The van der Waals surface area contributed by atoms with Gasteiger partial charge < -0.3 is 19.9 Å². The fourth-order valence-electron chi connectivity index (χ4n) is 1.93. The van der Waals surface area contributed by atoms with E-state index in [4.69, 9.17) is 9.84 Å². The lowest BCUT2D eigenvalue weighted by Crippen LogP contribution is -2.34. The molecule has 0 spiro atoms. The molecule has 2 aromatic rings. The van der Waals surface area contributed by atoms with Gasteiger partial charge in [0.05, 0.1) is 0 Å². The average molecular weight is 329 g/mol. The molecule has 1 atom stereocenters. The molecule has 0 fully saturated rings. The molecule has 0 aliphatic rings. The predicted octanol–water partition coefficient (Wildman–Crippen LogP) is 2.88. The first kappa shape index (κ1) is 17.0. The van der Waals surface area contributed by atoms with Crippen molar-refractivity contribution in [2.24, 2.45) is 0 Å². The van der Waals surface area contributed by atoms with Crippen LogP contribution in [0.3, 0.4) is 0 Å². The van der Waals surface area contributed by atoms with Crippen molar-refractivity contribution in [3.63, 3.8) is 0 Å². The quantitative estimate of drug-likeness (QED) is 0.646. The van der Waals surface area contributed by atoms with Crippen molar-refractivity contribution in [2.75, 3.05) is 0 Å². The Labute approximate surface area is 137 Å². The number of carboxylic acid groups (broad SMARTS) is 1. The fraction of sp³-hybridized carbons (Fsp3) is 0.118. The van der Waals surface area contributed by atoms with Crippen molar-refractivity contribution in [3.05, 3.63) is 71.8 Å². The molecule has 0 aliphatic carbocycles. The number of carbonyl (C=O) groups is 3. The Kier molecular flexibility index (Phi) is 5.90. The zero-order valence-electron chi connectivity index (χ0n) is 12.5. The number of hydrogen-bond donors (Lipinski definition) is 2. The highest BCUT2D eigenvalue weighted by Gasteiger charge is 2.26. The molecule has 0 saturated carbocycles. The summed E-state index contributed by atoms with van der Waals surface area (Å²) >= 11 is 0. The summed E-state index contributed by atoms with van der Waals surface area (Å²) in [5, 5.41) is 10.9. The molecule has 7 heteroatoms. The van der Waals surface area contributed by atoms with Gasteiger partial charge in [-0.2, -0.15) is 0 Å². The molecule has 0 heterocycles. The Morgan fingerprint density at radius 3 is 2.12 bits per heavy atom. The highest BCUT2D eigenvalue weighted by atomic mass is 16.7. The summed E-state index contributed by atoms with van der Waals surface area (Å²) in [5.74, 6) is -1.07. The second-order valence-electron chi connectivity index (χ2n) is 4.74. The van der Waals surface area contributed by atoms with Gasteiger partial charge in [0.15, 0.2) is 6.04 Å². The van der Waals surface area contributed by atoms with Crippen molar-refractivity contribution in [1.82, 2.24) is 5.32 Å². The van der Waals surface area contributed by atoms with Crippen LogP contribution in [0.2, 0.25) is 0 Å². The van der Waals surface area contributed by atoms with Gasteiger partial charge >= 0.3 is 18.2 Å². The van der Waals surface area contributed by atoms with E-state index < -0.39 is 24.3 Å². The van der Waals surface area contributed by atoms with E-state index in [2.05, 4.69) is 4.74 Å². The Morgan fingerprint density at radius 2 is 1.54 bits per heavy atom. The van der Waals surface area contributed by atoms with Crippen LogP contribution in [0, 0.1) is 0 Å². The smallest absolute Gasteiger partial charge is 0.465 e. The van der Waals surface area contributed by atoms with Crippen LogP contribution in [0.25, 0.3) is 0 Å². The van der Waals surface area contributed by atoms with Crippen molar-refractivity contribution in [2.45, 2.75) is 12.6 Å². The zero-order valence-corrected chi connectivity index (χ0v) is 12.5. The number of nitrogens with one attached hydrogen (secondary N) is 1. The van der Waals surface area contributed by atoms with Crippen LogP contribution in [0.5, 0.6) is 0 Å². The number of benzene rings is 2. The molecular weight excluding hydrogens is 314 g/mol. The lowest BCUT2D eigenvalue weighted by molar-refractivity contribution is -0.142. The molecule has 2 N–H and O–H groups in total. The third-order valence-corrected chi connectivity index (χ3v) is 3.02. The van der Waals surface area contributed by atoms with Gasteiger partial charge in [0.2, 0.25) is 0 Å². The van der Waals surface area contributed by atoms with E-state index in [1.165, 1.54) is 12.1 Å². The topological polar surface area (TPSA) is 102 Å². The maximum absolute atomic E-state index is 12.1. The van der Waals surface area contributed by atoms with E-state index in [1.807, 2.05) is 11.4 Å². The Morgan fingerprint density at radius 1 is 0.958 bits per heavy atom. The molecule has 124 valence electrons. The van der Waals surface area contributed by atoms with Crippen molar-refractivity contribution in [1.29, 1.82) is 0 Å². The van der Waals surface area contributed by atoms with Crippen LogP contribution in [-0.4, -0.2) is 23.3 Å². The van der Waals surface area contributed by atoms with Crippen molar-refractivity contribution < 1.29 is 29.0 Å². The van der Waals surface area contributed by atoms with E-state index >= 15 is 0 Å². The van der Waals surface area contributed by atoms with Crippen LogP contribution in [0.1, 0.15) is 17.2 Å². The molecule has 1 amide bonds. The summed E-state index contributed by atoms with van der Waals surface area (Å²) in [5.41, 5.74) is 1.07. The van der Waals surface area contributed by atoms with Crippen LogP contribution >= 0.6 is 0 Å². The number of carbonyl (C=O) groups excluding carboxylic acids is 2. The number of esters is 1. The zero-order chi connectivity index (χ0) is 17.4. The molecule has 0 aliphatic heterocycles. The summed E-state index contributed by atoms with van der Waals surface area (Å²) in [4.78, 5) is 34.5. The van der Waals surface area contributed by atoms with E-state index in [1.54, 1.807) is 42.5 Å². The summed E-state index contributed by atoms with van der Waals surface area (Å²) in [6.45, 7) is -0.0602. The van der Waals surface area contributed by atoms with Gasteiger partial charge in [0, 0.05) is 0 Å². The SMILES string of the molecule is O=C(O)N[C@H](C(=O)OC(=O)OCc1ccccc1)c1ccccc1. The summed E-state index contributed by atoms with van der Waals surface area (Å²) in [6, 6.07) is 15.6. The van der Waals surface area contributed by atoms with Gasteiger partial charge in [-0.1, -0.05) is 60.7 Å². The third-order valence-electron chi connectivity index (χ3n) is 3.02. The van der Waals surface area contributed by atoms with Gasteiger partial charge in [-0.3, -0.25) is 0 Å². The minimum Gasteiger partial charge on any atom is -0.465 e. The number of hydrogen-bond acceptors (Lipinski definition) is 5. The second kappa shape index (κ2) is 8.33. The molecule has 0 radical (unpaired) electrons. The molecular formula is C17H15NO6. The van der Waals surface area contributed by atoms with Crippen LogP contribution in [0.4, 0.5) is 9.59 Å². The van der Waals surface area contributed by atoms with E-state index in [9.17, 15) is 14.4 Å². The first-order valence-electron chi connectivity index (χ1n) is 7.03. The molecule has 2 rings (SSSR count). The lowest BCUT2D eigenvalue weighted by Gasteiger charge is -2.15. The molecule has 0 unspecified atom stereocenters. The normalized spacial score (nSPS) is 11.2. The van der Waals surface area contributed by atoms with Crippen molar-refractivity contribution >= 4 is 18.2 Å². The first-order chi connectivity index (χ1) is 11.6. The average Bonchev–Trinajstić information content (AvgIpc) is 2.59. The summed E-state index contributed by atoms with van der Waals surface area (Å²) in [7, 11) is 0. The molecule has 0 aromatic heterocycles. The van der Waals surface area contributed by atoms with Crippen LogP contribution in [0.15, 0.2) is 60.7 Å². The first-order valence-corrected chi connectivity index (χ1v) is 7.03. The monoisotopic (exact) mass is 329 g/mol. The summed E-state index contributed by atoms with van der Waals surface area (Å²) < 4.78 is 9.40. The van der Waals surface area contributed by atoms with Gasteiger partial charge in [-0.05, 0) is 11.1 Å². The molecule has 2 aromatic carbocycles. The van der Waals surface area contributed by atoms with E-state index in [0.29, 0.717) is 5.56 Å². The highest BCUT2D eigenvalue weighted by molar-refractivity contribution is 5.88. The van der Waals surface area contributed by atoms with Crippen LogP contribution in [-0.2, 0) is 20.9 Å². The Hall–Kier alpha value is -3.35. The largest absolute Gasteiger partial charge is 0.516 e. The standard InChI is InChI=1S/C17H15NO6/c19-15(14(18-16(20)21)13-9-5-2-6-10-13)24-17(22)23-11-12-7-3-1-4-8-12/h1-10,14,18H,11H2,(H,20,21)/t14-/m0/s1. The van der Waals surface area contributed by atoms with E-state index in [0.717, 1.165) is 5.56 Å². The van der Waals surface area contributed by atoms with Crippen LogP contribution < -0.4 is 5.32 Å². The number of rotatable bonds is 5. The predicted molar refractivity (Wildman–Crippen MR) is 83.1 cm³/mol. The van der Waals surface area contributed by atoms with Gasteiger partial charge in [0.25, 0.3) is 0 Å². The maximum Gasteiger partial charge on any atom is 0.516 e. The summed E-state index contributed by atoms with van der Waals surface area (Å²) in [6.07, 6.45) is -2.62. The number of amides is 1. The minimum absolute atomic E-state index is 0.0602. The molecule has 7 nitrogen and oxygen atoms in total. The Balaban J connectivity index is 1.96. The minimum atomic E-state index is -1.42. The second-order valence-corrected chi connectivity index (χ2v) is 4.74. The molecule has 24 heavy (non-hydrogen) atoms. The van der Waals surface area contributed by atoms with E-state index in [-0.39, 0.29) is 6.61 Å². The molecule has 0 saturated heterocycles. The van der Waals surface area contributed by atoms with Crippen molar-refractivity contribution in [3.8, 4) is 0 Å². The highest BCUT2D eigenvalue weighted by Crippen LogP contribution is 2.15. The lowest BCUT2D eigenvalue weighted by atomic mass is 10.1. The maximum atomic E-state index is 12.1. The third kappa shape index (κ3) is 5.13. The molecule has 0 bridgehead atoms. The van der Waals surface area contributed by atoms with Gasteiger partial charge in [-0.25, -0.2) is 14.4 Å². The van der Waals surface area contributed by atoms with Gasteiger partial charge in [0.1, 0.15) is 6.61 Å².